The molecule has 0 spiro atoms. The SMILES string of the molecule is COc1ccc2cc(C3CCCC3)c(=O)n(CC(=O)N(CCCCCO)CCC(C)(C)C)c2c1. The molecule has 0 unspecified atom stereocenters. The van der Waals surface area contributed by atoms with E-state index in [0.717, 1.165) is 67.8 Å². The number of hydrogen-bond donors (Lipinski definition) is 1. The number of nitrogens with zero attached hydrogens (tertiary/aromatic N) is 2. The average Bonchev–Trinajstić information content (AvgIpc) is 3.33. The Morgan fingerprint density at radius 3 is 2.50 bits per heavy atom. The van der Waals surface area contributed by atoms with Gasteiger partial charge in [-0.15, -0.1) is 0 Å². The summed E-state index contributed by atoms with van der Waals surface area (Å²) in [7, 11) is 1.61. The molecule has 3 rings (SSSR count). The molecule has 0 saturated heterocycles. The van der Waals surface area contributed by atoms with Crippen LogP contribution in [0.1, 0.15) is 83.6 Å². The lowest BCUT2D eigenvalue weighted by Gasteiger charge is -2.28. The summed E-state index contributed by atoms with van der Waals surface area (Å²) in [5.74, 6) is 0.925. The van der Waals surface area contributed by atoms with Gasteiger partial charge < -0.3 is 14.7 Å². The van der Waals surface area contributed by atoms with E-state index >= 15 is 0 Å². The molecule has 1 aliphatic carbocycles. The molecule has 34 heavy (non-hydrogen) atoms. The van der Waals surface area contributed by atoms with Crippen molar-refractivity contribution in [1.29, 1.82) is 0 Å². The van der Waals surface area contributed by atoms with Gasteiger partial charge in [-0.2, -0.15) is 0 Å². The van der Waals surface area contributed by atoms with Crippen LogP contribution in [-0.4, -0.2) is 47.3 Å². The Kier molecular flexibility index (Phi) is 9.17. The molecule has 1 aromatic heterocycles. The van der Waals surface area contributed by atoms with Gasteiger partial charge in [-0.25, -0.2) is 0 Å². The van der Waals surface area contributed by atoms with Crippen LogP contribution in [-0.2, 0) is 11.3 Å². The van der Waals surface area contributed by atoms with Crippen LogP contribution < -0.4 is 10.3 Å². The molecule has 1 amide bonds. The average molecular weight is 471 g/mol. The lowest BCUT2D eigenvalue weighted by molar-refractivity contribution is -0.132. The molecule has 6 heteroatoms. The molecule has 0 radical (unpaired) electrons. The van der Waals surface area contributed by atoms with Crippen molar-refractivity contribution in [3.05, 3.63) is 40.2 Å². The first-order valence-electron chi connectivity index (χ1n) is 12.8. The lowest BCUT2D eigenvalue weighted by Crippen LogP contribution is -2.39. The quantitative estimate of drug-likeness (QED) is 0.464. The van der Waals surface area contributed by atoms with Gasteiger partial charge in [0.25, 0.3) is 5.56 Å². The zero-order valence-corrected chi connectivity index (χ0v) is 21.4. The number of methoxy groups -OCH3 is 1. The highest BCUT2D eigenvalue weighted by Gasteiger charge is 2.24. The van der Waals surface area contributed by atoms with E-state index in [9.17, 15) is 9.59 Å². The Hall–Kier alpha value is -2.34. The molecule has 6 nitrogen and oxygen atoms in total. The van der Waals surface area contributed by atoms with Crippen molar-refractivity contribution in [3.63, 3.8) is 0 Å². The van der Waals surface area contributed by atoms with Crippen LogP contribution >= 0.6 is 0 Å². The van der Waals surface area contributed by atoms with Crippen LogP contribution in [0.5, 0.6) is 5.75 Å². The van der Waals surface area contributed by atoms with E-state index in [1.807, 2.05) is 29.2 Å². The van der Waals surface area contributed by atoms with Gasteiger partial charge in [-0.3, -0.25) is 14.2 Å². The molecule has 1 heterocycles. The van der Waals surface area contributed by atoms with E-state index in [0.29, 0.717) is 18.8 Å². The summed E-state index contributed by atoms with van der Waals surface area (Å²) in [6.45, 7) is 8.05. The summed E-state index contributed by atoms with van der Waals surface area (Å²) in [5.41, 5.74) is 1.66. The highest BCUT2D eigenvalue weighted by Crippen LogP contribution is 2.34. The highest BCUT2D eigenvalue weighted by atomic mass is 16.5. The number of aliphatic hydroxyl groups excluding tert-OH is 1. The number of unbranched alkanes of at least 4 members (excludes halogenated alkanes) is 2. The van der Waals surface area contributed by atoms with Crippen molar-refractivity contribution in [1.82, 2.24) is 9.47 Å². The van der Waals surface area contributed by atoms with Crippen LogP contribution in [0.2, 0.25) is 0 Å². The lowest BCUT2D eigenvalue weighted by atomic mass is 9.92. The van der Waals surface area contributed by atoms with Crippen LogP contribution in [0.4, 0.5) is 0 Å². The molecular formula is C28H42N2O4. The molecule has 0 bridgehead atoms. The molecule has 2 aromatic rings. The second-order valence-electron chi connectivity index (χ2n) is 10.9. The summed E-state index contributed by atoms with van der Waals surface area (Å²) in [6, 6.07) is 7.79. The number of aliphatic hydroxyl groups is 1. The number of ether oxygens (including phenoxy) is 1. The van der Waals surface area contributed by atoms with E-state index in [4.69, 9.17) is 9.84 Å². The molecule has 1 N–H and O–H groups in total. The number of fused-ring (bicyclic) bond motifs is 1. The molecule has 1 saturated carbocycles. The van der Waals surface area contributed by atoms with E-state index < -0.39 is 0 Å². The highest BCUT2D eigenvalue weighted by molar-refractivity contribution is 5.84. The van der Waals surface area contributed by atoms with E-state index in [-0.39, 0.29) is 36.0 Å². The van der Waals surface area contributed by atoms with Crippen molar-refractivity contribution in [2.75, 3.05) is 26.8 Å². The zero-order valence-electron chi connectivity index (χ0n) is 21.4. The summed E-state index contributed by atoms with van der Waals surface area (Å²) in [6.07, 6.45) is 7.74. The van der Waals surface area contributed by atoms with Gasteiger partial charge in [0.2, 0.25) is 5.91 Å². The van der Waals surface area contributed by atoms with Crippen LogP contribution in [0, 0.1) is 5.41 Å². The zero-order chi connectivity index (χ0) is 24.7. The third kappa shape index (κ3) is 6.84. The maximum absolute atomic E-state index is 13.7. The predicted octanol–water partition coefficient (Wildman–Crippen LogP) is 5.10. The second-order valence-corrected chi connectivity index (χ2v) is 10.9. The number of carbonyl (C=O) groups excluding carboxylic acids is 1. The first-order valence-corrected chi connectivity index (χ1v) is 12.8. The molecule has 1 aliphatic rings. The van der Waals surface area contributed by atoms with Crippen LogP contribution in [0.15, 0.2) is 29.1 Å². The number of hydrogen-bond acceptors (Lipinski definition) is 4. The van der Waals surface area contributed by atoms with Gasteiger partial charge >= 0.3 is 0 Å². The van der Waals surface area contributed by atoms with E-state index in [1.165, 1.54) is 0 Å². The molecule has 0 aliphatic heterocycles. The second kappa shape index (κ2) is 11.9. The molecular weight excluding hydrogens is 428 g/mol. The molecule has 188 valence electrons. The fraction of sp³-hybridized carbons (Fsp3) is 0.643. The largest absolute Gasteiger partial charge is 0.497 e. The van der Waals surface area contributed by atoms with Crippen molar-refractivity contribution in [3.8, 4) is 5.75 Å². The van der Waals surface area contributed by atoms with Crippen LogP contribution in [0.25, 0.3) is 10.9 Å². The minimum absolute atomic E-state index is 0.0250. The van der Waals surface area contributed by atoms with Crippen LogP contribution in [0.3, 0.4) is 0 Å². The first kappa shape index (κ1) is 26.3. The number of pyridine rings is 1. The van der Waals surface area contributed by atoms with Gasteiger partial charge in [0, 0.05) is 31.3 Å². The Morgan fingerprint density at radius 2 is 1.85 bits per heavy atom. The number of benzene rings is 1. The maximum atomic E-state index is 13.7. The first-order chi connectivity index (χ1) is 16.2. The number of aromatic nitrogens is 1. The topological polar surface area (TPSA) is 71.8 Å². The normalized spacial score (nSPS) is 14.6. The third-order valence-corrected chi connectivity index (χ3v) is 6.99. The smallest absolute Gasteiger partial charge is 0.255 e. The van der Waals surface area contributed by atoms with Crippen molar-refractivity contribution in [2.45, 2.75) is 84.6 Å². The Labute approximate surface area is 203 Å². The minimum atomic E-state index is -0.0444. The molecule has 0 atom stereocenters. The van der Waals surface area contributed by atoms with Gasteiger partial charge in [-0.05, 0) is 73.4 Å². The van der Waals surface area contributed by atoms with Gasteiger partial charge in [0.05, 0.1) is 12.6 Å². The fourth-order valence-corrected chi connectivity index (χ4v) is 4.85. The van der Waals surface area contributed by atoms with E-state index in [1.54, 1.807) is 11.7 Å². The standard InChI is InChI=1S/C28H42N2O4/c1-28(2,3)14-16-29(15-8-5-9-17-31)26(32)20-30-25-19-23(34-4)13-12-22(25)18-24(27(30)33)21-10-6-7-11-21/h12-13,18-19,21,31H,5-11,14-17,20H2,1-4H3. The summed E-state index contributed by atoms with van der Waals surface area (Å²) >= 11 is 0. The Bertz CT molecular complexity index is 1020. The van der Waals surface area contributed by atoms with Crippen molar-refractivity contribution >= 4 is 16.8 Å². The van der Waals surface area contributed by atoms with Gasteiger partial charge in [0.1, 0.15) is 12.3 Å². The number of carbonyl (C=O) groups is 1. The third-order valence-electron chi connectivity index (χ3n) is 6.99. The fourth-order valence-electron chi connectivity index (χ4n) is 4.85. The van der Waals surface area contributed by atoms with E-state index in [2.05, 4.69) is 20.8 Å². The Balaban J connectivity index is 1.94. The number of amides is 1. The maximum Gasteiger partial charge on any atom is 0.255 e. The molecule has 1 fully saturated rings. The molecule has 1 aromatic carbocycles. The van der Waals surface area contributed by atoms with Gasteiger partial charge in [0.15, 0.2) is 0 Å². The van der Waals surface area contributed by atoms with Crippen molar-refractivity contribution in [2.24, 2.45) is 5.41 Å². The minimum Gasteiger partial charge on any atom is -0.497 e. The Morgan fingerprint density at radius 1 is 1.12 bits per heavy atom. The van der Waals surface area contributed by atoms with Gasteiger partial charge in [-0.1, -0.05) is 33.6 Å². The monoisotopic (exact) mass is 470 g/mol. The number of rotatable bonds is 11. The summed E-state index contributed by atoms with van der Waals surface area (Å²) in [4.78, 5) is 29.1. The summed E-state index contributed by atoms with van der Waals surface area (Å²) < 4.78 is 7.09. The summed E-state index contributed by atoms with van der Waals surface area (Å²) in [5, 5.41) is 10.1. The predicted molar refractivity (Wildman–Crippen MR) is 138 cm³/mol. The van der Waals surface area contributed by atoms with Crippen molar-refractivity contribution < 1.29 is 14.6 Å².